The second-order valence-corrected chi connectivity index (χ2v) is 4.46. The van der Waals surface area contributed by atoms with Crippen LogP contribution in [0.5, 0.6) is 0 Å². The first-order chi connectivity index (χ1) is 7.75. The Labute approximate surface area is 104 Å². The molecule has 0 saturated carbocycles. The Morgan fingerprint density at radius 1 is 0.938 bits per heavy atom. The zero-order valence-corrected chi connectivity index (χ0v) is 10.6. The molecule has 0 N–H and O–H groups in total. The zero-order valence-electron chi connectivity index (χ0n) is 9.02. The maximum atomic E-state index is 4.56. The molecule has 1 nitrogen and oxygen atoms in total. The highest BCUT2D eigenvalue weighted by molar-refractivity contribution is 9.10. The molecule has 16 heavy (non-hydrogen) atoms. The molecule has 0 aliphatic rings. The van der Waals surface area contributed by atoms with Crippen LogP contribution in [-0.2, 0) is 0 Å². The fourth-order valence-corrected chi connectivity index (χ4v) is 1.72. The van der Waals surface area contributed by atoms with Gasteiger partial charge in [-0.2, -0.15) is 0 Å². The van der Waals surface area contributed by atoms with Gasteiger partial charge in [0.25, 0.3) is 0 Å². The summed E-state index contributed by atoms with van der Waals surface area (Å²) in [5.74, 6) is 0. The second kappa shape index (κ2) is 5.08. The van der Waals surface area contributed by atoms with E-state index in [2.05, 4.69) is 33.1 Å². The first kappa shape index (κ1) is 11.1. The molecule has 0 aliphatic carbocycles. The minimum atomic E-state index is 0.989. The molecule has 0 fully saturated rings. The van der Waals surface area contributed by atoms with E-state index >= 15 is 0 Å². The lowest BCUT2D eigenvalue weighted by Crippen LogP contribution is -1.92. The third kappa shape index (κ3) is 2.80. The van der Waals surface area contributed by atoms with E-state index in [1.165, 1.54) is 0 Å². The summed E-state index contributed by atoms with van der Waals surface area (Å²) in [6.45, 7) is 2.02. The molecule has 0 saturated heterocycles. The van der Waals surface area contributed by atoms with Crippen molar-refractivity contribution in [2.24, 2.45) is 4.99 Å². The van der Waals surface area contributed by atoms with Gasteiger partial charge < -0.3 is 0 Å². The summed E-state index contributed by atoms with van der Waals surface area (Å²) >= 11 is 3.42. The summed E-state index contributed by atoms with van der Waals surface area (Å²) in [7, 11) is 0. The van der Waals surface area contributed by atoms with Crippen molar-refractivity contribution < 1.29 is 0 Å². The summed E-state index contributed by atoms with van der Waals surface area (Å²) in [5.41, 5.74) is 3.16. The Kier molecular flexibility index (Phi) is 3.52. The largest absolute Gasteiger partial charge is 0.253 e. The Morgan fingerprint density at radius 2 is 1.56 bits per heavy atom. The zero-order chi connectivity index (χ0) is 11.4. The highest BCUT2D eigenvalue weighted by Crippen LogP contribution is 2.15. The average molecular weight is 275 g/mol. The predicted octanol–water partition coefficient (Wildman–Crippen LogP) is 4.59. The monoisotopic (exact) mass is 274 g/mol. The molecular formula is C14H12BrN. The van der Waals surface area contributed by atoms with Gasteiger partial charge in [-0.3, -0.25) is 4.99 Å². The van der Waals surface area contributed by atoms with Crippen molar-refractivity contribution in [3.05, 3.63) is 64.6 Å². The molecule has 2 heteroatoms. The molecule has 0 radical (unpaired) electrons. The van der Waals surface area contributed by atoms with E-state index in [0.717, 1.165) is 21.4 Å². The number of para-hydroxylation sites is 1. The summed E-state index contributed by atoms with van der Waals surface area (Å²) in [6.07, 6.45) is 0. The van der Waals surface area contributed by atoms with E-state index in [-0.39, 0.29) is 0 Å². The quantitative estimate of drug-likeness (QED) is 0.561. The van der Waals surface area contributed by atoms with Crippen molar-refractivity contribution in [1.82, 2.24) is 0 Å². The number of hydrogen-bond acceptors (Lipinski definition) is 1. The van der Waals surface area contributed by atoms with Gasteiger partial charge in [-0.15, -0.1) is 0 Å². The third-order valence-electron chi connectivity index (χ3n) is 2.31. The minimum Gasteiger partial charge on any atom is -0.253 e. The van der Waals surface area contributed by atoms with Crippen LogP contribution >= 0.6 is 15.9 Å². The average Bonchev–Trinajstić information content (AvgIpc) is 2.31. The van der Waals surface area contributed by atoms with Gasteiger partial charge in [0.05, 0.1) is 5.69 Å². The molecular weight excluding hydrogens is 263 g/mol. The summed E-state index contributed by atoms with van der Waals surface area (Å²) in [5, 5.41) is 0. The number of rotatable bonds is 2. The fraction of sp³-hybridized carbons (Fsp3) is 0.0714. The molecule has 0 atom stereocenters. The van der Waals surface area contributed by atoms with Crippen LogP contribution in [0.15, 0.2) is 64.1 Å². The van der Waals surface area contributed by atoms with E-state index in [1.807, 2.05) is 49.4 Å². The molecule has 2 aromatic carbocycles. The van der Waals surface area contributed by atoms with Crippen LogP contribution in [0.2, 0.25) is 0 Å². The van der Waals surface area contributed by atoms with E-state index in [4.69, 9.17) is 0 Å². The topological polar surface area (TPSA) is 12.4 Å². The molecule has 2 aromatic rings. The van der Waals surface area contributed by atoms with E-state index in [9.17, 15) is 0 Å². The molecule has 2 rings (SSSR count). The molecule has 80 valence electrons. The van der Waals surface area contributed by atoms with Crippen molar-refractivity contribution >= 4 is 27.3 Å². The number of aliphatic imine (C=N–C) groups is 1. The first-order valence-electron chi connectivity index (χ1n) is 5.12. The Morgan fingerprint density at radius 3 is 2.19 bits per heavy atom. The highest BCUT2D eigenvalue weighted by Gasteiger charge is 1.97. The first-order valence-corrected chi connectivity index (χ1v) is 5.91. The van der Waals surface area contributed by atoms with Gasteiger partial charge in [0, 0.05) is 10.2 Å². The van der Waals surface area contributed by atoms with Crippen LogP contribution < -0.4 is 0 Å². The van der Waals surface area contributed by atoms with Crippen molar-refractivity contribution in [2.75, 3.05) is 0 Å². The summed E-state index contributed by atoms with van der Waals surface area (Å²) in [4.78, 5) is 4.56. The summed E-state index contributed by atoms with van der Waals surface area (Å²) in [6, 6.07) is 18.2. The SMILES string of the molecule is CC(=[15N]c1ccccc1)c1ccc(Br)cc1. The van der Waals surface area contributed by atoms with Crippen LogP contribution in [0.1, 0.15) is 12.5 Å². The number of halogens is 1. The van der Waals surface area contributed by atoms with Gasteiger partial charge in [-0.1, -0.05) is 46.3 Å². The third-order valence-corrected chi connectivity index (χ3v) is 2.84. The van der Waals surface area contributed by atoms with Gasteiger partial charge >= 0.3 is 0 Å². The van der Waals surface area contributed by atoms with Gasteiger partial charge in [0.15, 0.2) is 0 Å². The lowest BCUT2D eigenvalue weighted by molar-refractivity contribution is 1.47. The fourth-order valence-electron chi connectivity index (χ4n) is 1.45. The molecule has 0 heterocycles. The van der Waals surface area contributed by atoms with Crippen LogP contribution in [0, 0.1) is 0 Å². The molecule has 0 aliphatic heterocycles. The predicted molar refractivity (Wildman–Crippen MR) is 72.5 cm³/mol. The van der Waals surface area contributed by atoms with Gasteiger partial charge in [-0.25, -0.2) is 0 Å². The van der Waals surface area contributed by atoms with E-state index < -0.39 is 0 Å². The van der Waals surface area contributed by atoms with E-state index in [1.54, 1.807) is 0 Å². The van der Waals surface area contributed by atoms with Gasteiger partial charge in [0.2, 0.25) is 0 Å². The molecule has 0 aromatic heterocycles. The minimum absolute atomic E-state index is 0.989. The van der Waals surface area contributed by atoms with Crippen LogP contribution in [0.4, 0.5) is 5.69 Å². The second-order valence-electron chi connectivity index (χ2n) is 3.54. The number of benzene rings is 2. The van der Waals surface area contributed by atoms with Gasteiger partial charge in [-0.05, 0) is 36.8 Å². The summed E-state index contributed by atoms with van der Waals surface area (Å²) < 4.78 is 1.09. The standard InChI is InChI=1S/C14H12BrN/c1-11(12-7-9-13(15)10-8-12)16-14-5-3-2-4-6-14/h2-10H,1H3/i16+1. The maximum Gasteiger partial charge on any atom is 0.0633 e. The van der Waals surface area contributed by atoms with Crippen LogP contribution in [-0.4, -0.2) is 5.71 Å². The number of hydrogen-bond donors (Lipinski definition) is 0. The Hall–Kier alpha value is -1.41. The molecule has 0 spiro atoms. The van der Waals surface area contributed by atoms with E-state index in [0.29, 0.717) is 0 Å². The molecule has 0 bridgehead atoms. The van der Waals surface area contributed by atoms with Gasteiger partial charge in [0.1, 0.15) is 0 Å². The maximum absolute atomic E-state index is 4.56. The van der Waals surface area contributed by atoms with Crippen molar-refractivity contribution in [1.29, 1.82) is 0 Å². The van der Waals surface area contributed by atoms with Crippen LogP contribution in [0.3, 0.4) is 0 Å². The van der Waals surface area contributed by atoms with Crippen molar-refractivity contribution in [3.63, 3.8) is 0 Å². The molecule has 0 amide bonds. The molecule has 0 unspecified atom stereocenters. The Balaban J connectivity index is 2.28. The Bertz CT molecular complexity index is 486. The lowest BCUT2D eigenvalue weighted by atomic mass is 10.1. The normalized spacial score (nSPS) is 11.5. The van der Waals surface area contributed by atoms with Crippen molar-refractivity contribution in [3.8, 4) is 0 Å². The smallest absolute Gasteiger partial charge is 0.0633 e. The van der Waals surface area contributed by atoms with Crippen molar-refractivity contribution in [2.45, 2.75) is 6.92 Å². The van der Waals surface area contributed by atoms with Crippen LogP contribution in [0.25, 0.3) is 0 Å². The highest BCUT2D eigenvalue weighted by atomic mass is 79.9. The number of nitrogens with zero attached hydrogens (tertiary/aromatic N) is 1. The lowest BCUT2D eigenvalue weighted by Gasteiger charge is -2.01.